The molecule has 0 spiro atoms. The van der Waals surface area contributed by atoms with Crippen molar-refractivity contribution in [2.24, 2.45) is 0 Å². The molecule has 2 amide bonds. The van der Waals surface area contributed by atoms with Gasteiger partial charge in [-0.3, -0.25) is 9.59 Å². The van der Waals surface area contributed by atoms with Gasteiger partial charge in [-0.1, -0.05) is 13.0 Å². The molecule has 0 aromatic heterocycles. The summed E-state index contributed by atoms with van der Waals surface area (Å²) >= 11 is 0. The van der Waals surface area contributed by atoms with Crippen molar-refractivity contribution in [3.05, 3.63) is 23.8 Å². The molecule has 17 heavy (non-hydrogen) atoms. The Bertz CT molecular complexity index is 430. The van der Waals surface area contributed by atoms with Crippen molar-refractivity contribution in [1.82, 2.24) is 5.32 Å². The quantitative estimate of drug-likeness (QED) is 0.540. The van der Waals surface area contributed by atoms with Crippen molar-refractivity contribution in [1.29, 1.82) is 0 Å². The third kappa shape index (κ3) is 3.79. The summed E-state index contributed by atoms with van der Waals surface area (Å²) in [7, 11) is 0. The normalized spacial score (nSPS) is 9.76. The SMILES string of the molecule is CCCNC(=O)C(=O)Nc1ccc(C)cc1N. The van der Waals surface area contributed by atoms with E-state index < -0.39 is 11.8 Å². The molecule has 0 fully saturated rings. The number of amides is 2. The van der Waals surface area contributed by atoms with Gasteiger partial charge in [-0.25, -0.2) is 0 Å². The van der Waals surface area contributed by atoms with Gasteiger partial charge in [0.15, 0.2) is 0 Å². The molecule has 0 saturated carbocycles. The molecular weight excluding hydrogens is 218 g/mol. The van der Waals surface area contributed by atoms with Crippen molar-refractivity contribution in [3.63, 3.8) is 0 Å². The molecule has 0 aliphatic carbocycles. The lowest BCUT2D eigenvalue weighted by atomic mass is 10.2. The second-order valence-electron chi connectivity index (χ2n) is 3.80. The Hall–Kier alpha value is -2.04. The van der Waals surface area contributed by atoms with Crippen LogP contribution in [0.4, 0.5) is 11.4 Å². The first-order chi connectivity index (χ1) is 8.04. The summed E-state index contributed by atoms with van der Waals surface area (Å²) < 4.78 is 0. The molecule has 0 unspecified atom stereocenters. The van der Waals surface area contributed by atoms with E-state index in [9.17, 15) is 9.59 Å². The van der Waals surface area contributed by atoms with Crippen molar-refractivity contribution >= 4 is 23.2 Å². The van der Waals surface area contributed by atoms with Gasteiger partial charge in [-0.05, 0) is 31.0 Å². The zero-order valence-electron chi connectivity index (χ0n) is 10.0. The maximum atomic E-state index is 11.5. The predicted octanol–water partition coefficient (Wildman–Crippen LogP) is 1.04. The molecule has 0 bridgehead atoms. The monoisotopic (exact) mass is 235 g/mol. The number of aryl methyl sites for hydroxylation is 1. The number of nitrogens with two attached hydrogens (primary N) is 1. The first-order valence-electron chi connectivity index (χ1n) is 5.50. The van der Waals surface area contributed by atoms with Gasteiger partial charge in [-0.2, -0.15) is 0 Å². The van der Waals surface area contributed by atoms with Gasteiger partial charge in [0.25, 0.3) is 0 Å². The second kappa shape index (κ2) is 5.89. The van der Waals surface area contributed by atoms with Crippen LogP contribution in [0.2, 0.25) is 0 Å². The van der Waals surface area contributed by atoms with Crippen LogP contribution in [-0.2, 0) is 9.59 Å². The van der Waals surface area contributed by atoms with E-state index in [4.69, 9.17) is 5.73 Å². The average Bonchev–Trinajstić information content (AvgIpc) is 2.29. The first kappa shape index (κ1) is 13.0. The molecule has 4 N–H and O–H groups in total. The van der Waals surface area contributed by atoms with Crippen molar-refractivity contribution < 1.29 is 9.59 Å². The summed E-state index contributed by atoms with van der Waals surface area (Å²) in [6, 6.07) is 5.23. The molecule has 0 radical (unpaired) electrons. The number of anilines is 2. The largest absolute Gasteiger partial charge is 0.397 e. The van der Waals surface area contributed by atoms with Crippen molar-refractivity contribution in [3.8, 4) is 0 Å². The summed E-state index contributed by atoms with van der Waals surface area (Å²) in [4.78, 5) is 22.8. The highest BCUT2D eigenvalue weighted by atomic mass is 16.2. The van der Waals surface area contributed by atoms with Crippen LogP contribution in [0.3, 0.4) is 0 Å². The number of rotatable bonds is 3. The molecule has 0 heterocycles. The van der Waals surface area contributed by atoms with E-state index in [1.807, 2.05) is 19.9 Å². The molecule has 92 valence electrons. The van der Waals surface area contributed by atoms with Gasteiger partial charge in [0, 0.05) is 6.54 Å². The maximum absolute atomic E-state index is 11.5. The Labute approximate surface area is 100 Å². The Morgan fingerprint density at radius 2 is 2.00 bits per heavy atom. The minimum atomic E-state index is -0.700. The summed E-state index contributed by atoms with van der Waals surface area (Å²) in [6.45, 7) is 4.29. The molecule has 1 aromatic carbocycles. The summed E-state index contributed by atoms with van der Waals surface area (Å²) in [5, 5.41) is 4.96. The van der Waals surface area contributed by atoms with E-state index in [0.717, 1.165) is 12.0 Å². The van der Waals surface area contributed by atoms with Gasteiger partial charge < -0.3 is 16.4 Å². The number of benzene rings is 1. The maximum Gasteiger partial charge on any atom is 0.313 e. The Balaban J connectivity index is 2.64. The first-order valence-corrected chi connectivity index (χ1v) is 5.50. The number of nitrogen functional groups attached to an aromatic ring is 1. The van der Waals surface area contributed by atoms with Crippen LogP contribution in [0.25, 0.3) is 0 Å². The van der Waals surface area contributed by atoms with Crippen LogP contribution in [-0.4, -0.2) is 18.4 Å². The minimum Gasteiger partial charge on any atom is -0.397 e. The fourth-order valence-corrected chi connectivity index (χ4v) is 1.29. The van der Waals surface area contributed by atoms with Crippen LogP contribution in [0, 0.1) is 6.92 Å². The van der Waals surface area contributed by atoms with Crippen molar-refractivity contribution in [2.45, 2.75) is 20.3 Å². The molecule has 1 rings (SSSR count). The fraction of sp³-hybridized carbons (Fsp3) is 0.333. The van der Waals surface area contributed by atoms with Crippen molar-refractivity contribution in [2.75, 3.05) is 17.6 Å². The molecule has 1 aromatic rings. The van der Waals surface area contributed by atoms with E-state index in [-0.39, 0.29) is 0 Å². The zero-order valence-corrected chi connectivity index (χ0v) is 10.0. The topological polar surface area (TPSA) is 84.2 Å². The lowest BCUT2D eigenvalue weighted by Crippen LogP contribution is -2.35. The van der Waals surface area contributed by atoms with E-state index in [2.05, 4.69) is 10.6 Å². The second-order valence-corrected chi connectivity index (χ2v) is 3.80. The number of hydrogen-bond donors (Lipinski definition) is 3. The highest BCUT2D eigenvalue weighted by molar-refractivity contribution is 6.39. The van der Waals surface area contributed by atoms with E-state index >= 15 is 0 Å². The van der Waals surface area contributed by atoms with Gasteiger partial charge >= 0.3 is 11.8 Å². The van der Waals surface area contributed by atoms with Crippen LogP contribution in [0.1, 0.15) is 18.9 Å². The van der Waals surface area contributed by atoms with Gasteiger partial charge in [0.2, 0.25) is 0 Å². The highest BCUT2D eigenvalue weighted by Gasteiger charge is 2.13. The number of hydrogen-bond acceptors (Lipinski definition) is 3. The standard InChI is InChI=1S/C12H17N3O2/c1-3-6-14-11(16)12(17)15-10-5-4-8(2)7-9(10)13/h4-5,7H,3,6,13H2,1-2H3,(H,14,16)(H,15,17). The summed E-state index contributed by atoms with van der Waals surface area (Å²) in [6.07, 6.45) is 0.783. The molecule has 0 atom stereocenters. The Kier molecular flexibility index (Phi) is 4.51. The Morgan fingerprint density at radius 3 is 2.59 bits per heavy atom. The predicted molar refractivity (Wildman–Crippen MR) is 67.5 cm³/mol. The zero-order chi connectivity index (χ0) is 12.8. The Morgan fingerprint density at radius 1 is 1.29 bits per heavy atom. The highest BCUT2D eigenvalue weighted by Crippen LogP contribution is 2.19. The fourth-order valence-electron chi connectivity index (χ4n) is 1.29. The van der Waals surface area contributed by atoms with Crippen LogP contribution >= 0.6 is 0 Å². The van der Waals surface area contributed by atoms with Crippen LogP contribution in [0.5, 0.6) is 0 Å². The van der Waals surface area contributed by atoms with Crippen LogP contribution < -0.4 is 16.4 Å². The molecule has 0 aliphatic heterocycles. The van der Waals surface area contributed by atoms with Gasteiger partial charge in [0.05, 0.1) is 11.4 Å². The van der Waals surface area contributed by atoms with Gasteiger partial charge in [-0.15, -0.1) is 0 Å². The third-order valence-corrected chi connectivity index (χ3v) is 2.20. The van der Waals surface area contributed by atoms with E-state index in [0.29, 0.717) is 17.9 Å². The van der Waals surface area contributed by atoms with Gasteiger partial charge in [0.1, 0.15) is 0 Å². The van der Waals surface area contributed by atoms with E-state index in [1.54, 1.807) is 12.1 Å². The smallest absolute Gasteiger partial charge is 0.313 e. The number of carbonyl (C=O) groups excluding carboxylic acids is 2. The third-order valence-electron chi connectivity index (χ3n) is 2.20. The molecular formula is C12H17N3O2. The lowest BCUT2D eigenvalue weighted by molar-refractivity contribution is -0.136. The number of nitrogens with one attached hydrogen (secondary N) is 2. The average molecular weight is 235 g/mol. The number of carbonyl (C=O) groups is 2. The van der Waals surface area contributed by atoms with Crippen LogP contribution in [0.15, 0.2) is 18.2 Å². The summed E-state index contributed by atoms with van der Waals surface area (Å²) in [5.74, 6) is -1.35. The molecule has 5 heteroatoms. The van der Waals surface area contributed by atoms with E-state index in [1.165, 1.54) is 0 Å². The molecule has 0 saturated heterocycles. The molecule has 5 nitrogen and oxygen atoms in total. The molecule has 0 aliphatic rings. The lowest BCUT2D eigenvalue weighted by Gasteiger charge is -2.08. The summed E-state index contributed by atoms with van der Waals surface area (Å²) in [5.41, 5.74) is 7.62. The minimum absolute atomic E-state index is 0.446.